The molecule has 2 aliphatic heterocycles. The molecule has 1 aromatic heterocycles. The molecule has 32 heavy (non-hydrogen) atoms. The first kappa shape index (κ1) is 22.5. The molecule has 0 amide bonds. The Morgan fingerprint density at radius 2 is 1.88 bits per heavy atom. The second-order valence-electron chi connectivity index (χ2n) is 8.40. The van der Waals surface area contributed by atoms with Gasteiger partial charge in [0.25, 0.3) is 0 Å². The van der Waals surface area contributed by atoms with E-state index in [4.69, 9.17) is 9.72 Å². The van der Waals surface area contributed by atoms with Crippen LogP contribution in [0.2, 0.25) is 0 Å². The lowest BCUT2D eigenvalue weighted by Crippen LogP contribution is -2.36. The third kappa shape index (κ3) is 5.77. The molecule has 1 unspecified atom stereocenters. The topological polar surface area (TPSA) is 77.6 Å². The van der Waals surface area contributed by atoms with Crippen molar-refractivity contribution in [3.05, 3.63) is 30.1 Å². The van der Waals surface area contributed by atoms with Gasteiger partial charge in [-0.2, -0.15) is 9.97 Å². The van der Waals surface area contributed by atoms with Crippen LogP contribution in [0.3, 0.4) is 0 Å². The highest BCUT2D eigenvalue weighted by Gasteiger charge is 2.23. The van der Waals surface area contributed by atoms with Crippen LogP contribution in [0.25, 0.3) is 0 Å². The first-order valence-corrected chi connectivity index (χ1v) is 11.6. The number of nitrogens with zero attached hydrogens (tertiary/aromatic N) is 4. The summed E-state index contributed by atoms with van der Waals surface area (Å²) in [7, 11) is 1.45. The maximum absolute atomic E-state index is 14.2. The summed E-state index contributed by atoms with van der Waals surface area (Å²) in [6.45, 7) is 7.20. The number of rotatable bonds is 9. The van der Waals surface area contributed by atoms with Crippen LogP contribution in [0.1, 0.15) is 39.0 Å². The molecule has 174 valence electrons. The number of ether oxygens (including phenoxy) is 1. The molecule has 3 heterocycles. The number of methoxy groups -OCH3 is 1. The minimum absolute atomic E-state index is 0.213. The fourth-order valence-electron chi connectivity index (χ4n) is 4.46. The van der Waals surface area contributed by atoms with Gasteiger partial charge in [0.15, 0.2) is 11.6 Å². The molecule has 2 fully saturated rings. The van der Waals surface area contributed by atoms with E-state index in [-0.39, 0.29) is 5.75 Å². The standard InChI is InChI=1S/C23H34FN7O/c1-3-30-11-7-8-18(30)16-25-23-27-21(26-17-9-10-20(32-2)19(24)14-17)15-22(28-23)29-31-12-5-4-6-13-31/h9-10,14-15,18H,3-8,11-13,16H2,1-2H3,(H3,25,26,27,28,29). The SMILES string of the molecule is CCN1CCCC1CNc1nc(Nc2ccc(OC)c(F)c2)cc(NN2CCCCC2)n1. The van der Waals surface area contributed by atoms with Gasteiger partial charge < -0.3 is 20.8 Å². The average molecular weight is 444 g/mol. The number of aromatic nitrogens is 2. The van der Waals surface area contributed by atoms with Crippen LogP contribution in [-0.4, -0.2) is 65.8 Å². The lowest BCUT2D eigenvalue weighted by atomic mass is 10.2. The van der Waals surface area contributed by atoms with E-state index in [1.807, 2.05) is 6.07 Å². The number of likely N-dealkylation sites (tertiary alicyclic amines) is 1. The molecule has 3 N–H and O–H groups in total. The van der Waals surface area contributed by atoms with Crippen molar-refractivity contribution >= 4 is 23.3 Å². The van der Waals surface area contributed by atoms with Gasteiger partial charge >= 0.3 is 0 Å². The fourth-order valence-corrected chi connectivity index (χ4v) is 4.46. The number of nitrogens with one attached hydrogen (secondary N) is 3. The van der Waals surface area contributed by atoms with E-state index in [0.29, 0.717) is 23.5 Å². The lowest BCUT2D eigenvalue weighted by molar-refractivity contribution is 0.272. The summed E-state index contributed by atoms with van der Waals surface area (Å²) in [5.74, 6) is 1.68. The summed E-state index contributed by atoms with van der Waals surface area (Å²) >= 11 is 0. The molecular formula is C23H34FN7O. The Morgan fingerprint density at radius 1 is 1.06 bits per heavy atom. The minimum atomic E-state index is -0.419. The Balaban J connectivity index is 1.51. The van der Waals surface area contributed by atoms with E-state index in [0.717, 1.165) is 38.5 Å². The molecule has 1 aromatic carbocycles. The van der Waals surface area contributed by atoms with Crippen LogP contribution in [0.15, 0.2) is 24.3 Å². The third-order valence-electron chi connectivity index (χ3n) is 6.18. The van der Waals surface area contributed by atoms with E-state index in [9.17, 15) is 4.39 Å². The molecule has 8 nitrogen and oxygen atoms in total. The van der Waals surface area contributed by atoms with E-state index >= 15 is 0 Å². The summed E-state index contributed by atoms with van der Waals surface area (Å²) in [6.07, 6.45) is 6.03. The van der Waals surface area contributed by atoms with Crippen molar-refractivity contribution in [3.63, 3.8) is 0 Å². The van der Waals surface area contributed by atoms with Crippen LogP contribution in [0.5, 0.6) is 5.75 Å². The number of halogens is 1. The Morgan fingerprint density at radius 3 is 2.62 bits per heavy atom. The van der Waals surface area contributed by atoms with Crippen LogP contribution in [0, 0.1) is 5.82 Å². The lowest BCUT2D eigenvalue weighted by Gasteiger charge is -2.27. The summed E-state index contributed by atoms with van der Waals surface area (Å²) < 4.78 is 19.2. The minimum Gasteiger partial charge on any atom is -0.494 e. The van der Waals surface area contributed by atoms with Gasteiger partial charge in [-0.05, 0) is 50.9 Å². The zero-order valence-electron chi connectivity index (χ0n) is 19.0. The van der Waals surface area contributed by atoms with Gasteiger partial charge in [0, 0.05) is 43.5 Å². The predicted molar refractivity (Wildman–Crippen MR) is 126 cm³/mol. The number of hydrogen-bond donors (Lipinski definition) is 3. The van der Waals surface area contributed by atoms with Crippen LogP contribution >= 0.6 is 0 Å². The molecule has 1 atom stereocenters. The normalized spacial score (nSPS) is 19.7. The Hall–Kier alpha value is -2.65. The number of anilines is 4. The van der Waals surface area contributed by atoms with Crippen LogP contribution < -0.4 is 20.8 Å². The second kappa shape index (κ2) is 10.8. The maximum Gasteiger partial charge on any atom is 0.226 e. The van der Waals surface area contributed by atoms with E-state index in [1.165, 1.54) is 45.3 Å². The smallest absolute Gasteiger partial charge is 0.226 e. The van der Waals surface area contributed by atoms with Gasteiger partial charge in [0.2, 0.25) is 5.95 Å². The number of hydrogen-bond acceptors (Lipinski definition) is 8. The monoisotopic (exact) mass is 443 g/mol. The van der Waals surface area contributed by atoms with Crippen LogP contribution in [-0.2, 0) is 0 Å². The fraction of sp³-hybridized carbons (Fsp3) is 0.565. The van der Waals surface area contributed by atoms with Crippen molar-refractivity contribution in [1.29, 1.82) is 0 Å². The van der Waals surface area contributed by atoms with Gasteiger partial charge in [-0.3, -0.25) is 4.90 Å². The third-order valence-corrected chi connectivity index (χ3v) is 6.18. The quantitative estimate of drug-likeness (QED) is 0.535. The highest BCUT2D eigenvalue weighted by molar-refractivity contribution is 5.62. The molecule has 2 saturated heterocycles. The maximum atomic E-state index is 14.2. The van der Waals surface area contributed by atoms with Crippen molar-refractivity contribution in [1.82, 2.24) is 19.9 Å². The van der Waals surface area contributed by atoms with Gasteiger partial charge in [-0.15, -0.1) is 0 Å². The second-order valence-corrected chi connectivity index (χ2v) is 8.40. The molecule has 2 aromatic rings. The highest BCUT2D eigenvalue weighted by atomic mass is 19.1. The Labute approximate surface area is 189 Å². The molecular weight excluding hydrogens is 409 g/mol. The molecule has 0 saturated carbocycles. The van der Waals surface area contributed by atoms with Gasteiger partial charge in [0.05, 0.1) is 7.11 Å². The van der Waals surface area contributed by atoms with Gasteiger partial charge in [-0.1, -0.05) is 13.3 Å². The van der Waals surface area contributed by atoms with Crippen molar-refractivity contribution in [3.8, 4) is 5.75 Å². The number of hydrazine groups is 1. The molecule has 0 radical (unpaired) electrons. The van der Waals surface area contributed by atoms with Gasteiger partial charge in [-0.25, -0.2) is 9.40 Å². The van der Waals surface area contributed by atoms with Gasteiger partial charge in [0.1, 0.15) is 11.6 Å². The highest BCUT2D eigenvalue weighted by Crippen LogP contribution is 2.25. The summed E-state index contributed by atoms with van der Waals surface area (Å²) in [5.41, 5.74) is 4.02. The molecule has 9 heteroatoms. The summed E-state index contributed by atoms with van der Waals surface area (Å²) in [4.78, 5) is 11.8. The first-order chi connectivity index (χ1) is 15.6. The largest absolute Gasteiger partial charge is 0.494 e. The number of piperidine rings is 1. The van der Waals surface area contributed by atoms with Crippen molar-refractivity contribution in [2.24, 2.45) is 0 Å². The summed E-state index contributed by atoms with van der Waals surface area (Å²) in [6, 6.07) is 7.13. The van der Waals surface area contributed by atoms with Crippen molar-refractivity contribution in [2.75, 3.05) is 55.9 Å². The average Bonchev–Trinajstić information content (AvgIpc) is 3.26. The number of likely N-dealkylation sites (N-methyl/N-ethyl adjacent to an activating group) is 1. The molecule has 4 rings (SSSR count). The Bertz CT molecular complexity index is 891. The number of benzene rings is 1. The zero-order valence-corrected chi connectivity index (χ0v) is 19.0. The summed E-state index contributed by atoms with van der Waals surface area (Å²) in [5, 5.41) is 8.83. The first-order valence-electron chi connectivity index (χ1n) is 11.6. The molecule has 0 aliphatic carbocycles. The van der Waals surface area contributed by atoms with Crippen LogP contribution in [0.4, 0.5) is 27.7 Å². The Kier molecular flexibility index (Phi) is 7.59. The predicted octanol–water partition coefficient (Wildman–Crippen LogP) is 4.08. The van der Waals surface area contributed by atoms with E-state index in [1.54, 1.807) is 12.1 Å². The zero-order chi connectivity index (χ0) is 22.3. The van der Waals surface area contributed by atoms with E-state index < -0.39 is 5.82 Å². The molecule has 0 bridgehead atoms. The van der Waals surface area contributed by atoms with Crippen molar-refractivity contribution < 1.29 is 9.13 Å². The van der Waals surface area contributed by atoms with E-state index in [2.05, 4.69) is 37.9 Å². The van der Waals surface area contributed by atoms with Crippen molar-refractivity contribution in [2.45, 2.75) is 45.1 Å². The molecule has 2 aliphatic rings. The molecule has 0 spiro atoms.